The molecule has 0 spiro atoms. The number of H-pyrrole nitrogens is 1. The van der Waals surface area contributed by atoms with E-state index in [0.29, 0.717) is 11.5 Å². The number of carbonyl (C=O) groups is 1. The lowest BCUT2D eigenvalue weighted by molar-refractivity contribution is -0.184. The van der Waals surface area contributed by atoms with E-state index in [9.17, 15) is 19.5 Å². The zero-order valence-corrected chi connectivity index (χ0v) is 26.9. The van der Waals surface area contributed by atoms with Gasteiger partial charge in [-0.05, 0) is 47.9 Å². The van der Waals surface area contributed by atoms with Crippen LogP contribution >= 0.6 is 0 Å². The van der Waals surface area contributed by atoms with Gasteiger partial charge in [0.25, 0.3) is 5.56 Å². The Morgan fingerprint density at radius 2 is 1.43 bits per heavy atom. The minimum absolute atomic E-state index is 0.0834. The van der Waals surface area contributed by atoms with Gasteiger partial charge in [-0.1, -0.05) is 75.4 Å². The standard InChI is InChI=1S/C36H40N2O8/c1-23-21-38(33(42)37-31(23)40)30-20-29(39)35(46-30,32(41)34(2,3)4)22-45-36(24-10-8-7-9-11-24,25-12-16-27(43-5)17-13-25)26-14-18-28(44-6)19-15-26/h7-19,21,29-30,39H,20,22H2,1-6H3,(H,37,40,42)/t29-,30+,35+/m0/s1. The van der Waals surface area contributed by atoms with Crippen molar-refractivity contribution in [3.8, 4) is 11.5 Å². The number of Topliss-reactive ketones (excluding diaryl/α,β-unsaturated/α-hetero) is 1. The van der Waals surface area contributed by atoms with Crippen LogP contribution in [0.1, 0.15) is 55.7 Å². The van der Waals surface area contributed by atoms with Crippen molar-refractivity contribution in [2.45, 2.75) is 57.6 Å². The van der Waals surface area contributed by atoms with Gasteiger partial charge < -0.3 is 24.1 Å². The Morgan fingerprint density at radius 1 is 0.913 bits per heavy atom. The van der Waals surface area contributed by atoms with Crippen LogP contribution in [-0.2, 0) is 19.9 Å². The first-order chi connectivity index (χ1) is 21.9. The zero-order valence-electron chi connectivity index (χ0n) is 26.9. The molecule has 0 radical (unpaired) electrons. The lowest BCUT2D eigenvalue weighted by Gasteiger charge is -2.41. The fourth-order valence-corrected chi connectivity index (χ4v) is 6.05. The molecule has 2 N–H and O–H groups in total. The van der Waals surface area contributed by atoms with Crippen molar-refractivity contribution in [3.05, 3.63) is 128 Å². The Labute approximate surface area is 267 Å². The van der Waals surface area contributed by atoms with Crippen LogP contribution < -0.4 is 20.7 Å². The summed E-state index contributed by atoms with van der Waals surface area (Å²) in [4.78, 5) is 41.5. The summed E-state index contributed by atoms with van der Waals surface area (Å²) in [6, 6.07) is 24.5. The highest BCUT2D eigenvalue weighted by molar-refractivity contribution is 5.93. The summed E-state index contributed by atoms with van der Waals surface area (Å²) in [5.74, 6) is 0.910. The molecule has 5 rings (SSSR count). The van der Waals surface area contributed by atoms with Crippen LogP contribution in [0.4, 0.5) is 0 Å². The zero-order chi connectivity index (χ0) is 33.3. The highest BCUT2D eigenvalue weighted by atomic mass is 16.6. The van der Waals surface area contributed by atoms with Crippen LogP contribution in [0.2, 0.25) is 0 Å². The molecule has 0 saturated carbocycles. The lowest BCUT2D eigenvalue weighted by atomic mass is 9.76. The van der Waals surface area contributed by atoms with E-state index < -0.39 is 46.0 Å². The van der Waals surface area contributed by atoms with Crippen molar-refractivity contribution >= 4 is 5.78 Å². The second-order valence-electron chi connectivity index (χ2n) is 12.6. The van der Waals surface area contributed by atoms with E-state index in [0.717, 1.165) is 16.7 Å². The minimum Gasteiger partial charge on any atom is -0.497 e. The normalized spacial score (nSPS) is 20.0. The molecule has 3 aromatic carbocycles. The van der Waals surface area contributed by atoms with Gasteiger partial charge in [0.2, 0.25) is 0 Å². The monoisotopic (exact) mass is 628 g/mol. The number of ketones is 1. The number of aryl methyl sites for hydroxylation is 1. The molecular formula is C36H40N2O8. The van der Waals surface area contributed by atoms with Crippen LogP contribution in [0.15, 0.2) is 94.6 Å². The van der Waals surface area contributed by atoms with E-state index in [1.165, 1.54) is 10.8 Å². The van der Waals surface area contributed by atoms with Gasteiger partial charge in [0.15, 0.2) is 11.4 Å². The molecule has 1 aliphatic rings. The first-order valence-corrected chi connectivity index (χ1v) is 15.1. The first-order valence-electron chi connectivity index (χ1n) is 15.1. The number of aliphatic hydroxyl groups excluding tert-OH is 1. The molecule has 3 atom stereocenters. The van der Waals surface area contributed by atoms with E-state index in [4.69, 9.17) is 18.9 Å². The van der Waals surface area contributed by atoms with Crippen molar-refractivity contribution in [3.63, 3.8) is 0 Å². The number of aromatic nitrogens is 2. The number of hydrogen-bond acceptors (Lipinski definition) is 8. The van der Waals surface area contributed by atoms with E-state index in [2.05, 4.69) is 4.98 Å². The molecule has 4 aromatic rings. The largest absolute Gasteiger partial charge is 0.497 e. The quantitative estimate of drug-likeness (QED) is 0.246. The fraction of sp³-hybridized carbons (Fsp3) is 0.361. The number of aromatic amines is 1. The third-order valence-corrected chi connectivity index (χ3v) is 8.51. The highest BCUT2D eigenvalue weighted by Crippen LogP contribution is 2.46. The van der Waals surface area contributed by atoms with E-state index >= 15 is 0 Å². The van der Waals surface area contributed by atoms with Crippen molar-refractivity contribution in [2.24, 2.45) is 5.41 Å². The Hall–Kier alpha value is -4.51. The molecule has 0 aliphatic carbocycles. The number of benzene rings is 3. The molecule has 1 fully saturated rings. The van der Waals surface area contributed by atoms with Crippen LogP contribution in [0, 0.1) is 12.3 Å². The Balaban J connectivity index is 1.69. The fourth-order valence-electron chi connectivity index (χ4n) is 6.05. The number of nitrogens with zero attached hydrogens (tertiary/aromatic N) is 1. The number of hydrogen-bond donors (Lipinski definition) is 2. The molecule has 1 saturated heterocycles. The van der Waals surface area contributed by atoms with Gasteiger partial charge in [-0.15, -0.1) is 0 Å². The number of methoxy groups -OCH3 is 2. The molecule has 2 heterocycles. The maximum atomic E-state index is 14.3. The molecular weight excluding hydrogens is 588 g/mol. The van der Waals surface area contributed by atoms with Crippen LogP contribution in [-0.4, -0.2) is 53.0 Å². The summed E-state index contributed by atoms with van der Waals surface area (Å²) in [7, 11) is 3.18. The molecule has 0 bridgehead atoms. The summed E-state index contributed by atoms with van der Waals surface area (Å²) in [6.45, 7) is 6.43. The van der Waals surface area contributed by atoms with Crippen molar-refractivity contribution in [1.82, 2.24) is 9.55 Å². The Kier molecular flexibility index (Phi) is 9.08. The smallest absolute Gasteiger partial charge is 0.330 e. The number of carbonyl (C=O) groups excluding carboxylic acids is 1. The molecule has 1 aromatic heterocycles. The van der Waals surface area contributed by atoms with Crippen LogP contribution in [0.3, 0.4) is 0 Å². The van der Waals surface area contributed by atoms with Crippen molar-refractivity contribution in [1.29, 1.82) is 0 Å². The van der Waals surface area contributed by atoms with Gasteiger partial charge in [-0.3, -0.25) is 19.1 Å². The van der Waals surface area contributed by atoms with Gasteiger partial charge >= 0.3 is 5.69 Å². The maximum Gasteiger partial charge on any atom is 0.330 e. The van der Waals surface area contributed by atoms with E-state index in [1.807, 2.05) is 78.9 Å². The lowest BCUT2D eigenvalue weighted by Crippen LogP contribution is -2.57. The summed E-state index contributed by atoms with van der Waals surface area (Å²) in [6.07, 6.45) is -1.09. The van der Waals surface area contributed by atoms with Gasteiger partial charge in [0, 0.05) is 23.6 Å². The number of ether oxygens (including phenoxy) is 4. The molecule has 10 heteroatoms. The summed E-state index contributed by atoms with van der Waals surface area (Å²) >= 11 is 0. The summed E-state index contributed by atoms with van der Waals surface area (Å²) in [5.41, 5.74) is -2.83. The van der Waals surface area contributed by atoms with Gasteiger partial charge in [-0.2, -0.15) is 0 Å². The predicted molar refractivity (Wildman–Crippen MR) is 172 cm³/mol. The molecule has 46 heavy (non-hydrogen) atoms. The van der Waals surface area contributed by atoms with E-state index in [-0.39, 0.29) is 18.6 Å². The van der Waals surface area contributed by atoms with Crippen LogP contribution in [0.5, 0.6) is 11.5 Å². The summed E-state index contributed by atoms with van der Waals surface area (Å²) < 4.78 is 25.6. The average molecular weight is 629 g/mol. The maximum absolute atomic E-state index is 14.3. The molecule has 242 valence electrons. The van der Waals surface area contributed by atoms with Crippen molar-refractivity contribution in [2.75, 3.05) is 20.8 Å². The second-order valence-corrected chi connectivity index (χ2v) is 12.6. The average Bonchev–Trinajstić information content (AvgIpc) is 3.39. The van der Waals surface area contributed by atoms with Gasteiger partial charge in [0.05, 0.1) is 26.9 Å². The molecule has 1 aliphatic heterocycles. The molecule has 0 amide bonds. The summed E-state index contributed by atoms with van der Waals surface area (Å²) in [5, 5.41) is 11.7. The van der Waals surface area contributed by atoms with Crippen LogP contribution in [0.25, 0.3) is 0 Å². The van der Waals surface area contributed by atoms with Crippen molar-refractivity contribution < 1.29 is 28.8 Å². The second kappa shape index (κ2) is 12.7. The Bertz CT molecular complexity index is 1740. The van der Waals surface area contributed by atoms with Gasteiger partial charge in [0.1, 0.15) is 23.3 Å². The Morgan fingerprint density at radius 3 is 1.93 bits per heavy atom. The topological polar surface area (TPSA) is 129 Å². The SMILES string of the molecule is COc1ccc(C(OC[C@@]2(C(=O)C(C)(C)C)O[C@@H](n3cc(C)c(=O)[nH]c3=O)C[C@@H]2O)(c2ccccc2)c2ccc(OC)cc2)cc1. The third kappa shape index (κ3) is 5.91. The molecule has 10 nitrogen and oxygen atoms in total. The van der Waals surface area contributed by atoms with E-state index in [1.54, 1.807) is 41.9 Å². The highest BCUT2D eigenvalue weighted by Gasteiger charge is 2.58. The number of aliphatic hydroxyl groups is 1. The predicted octanol–water partition coefficient (Wildman–Crippen LogP) is 4.50. The van der Waals surface area contributed by atoms with Gasteiger partial charge in [-0.25, -0.2) is 4.79 Å². The molecule has 0 unspecified atom stereocenters. The third-order valence-electron chi connectivity index (χ3n) is 8.51. The first kappa shape index (κ1) is 32.9. The number of nitrogens with one attached hydrogen (secondary N) is 1. The number of rotatable bonds is 10. The minimum atomic E-state index is -1.87.